The molecule has 0 bridgehead atoms. The van der Waals surface area contributed by atoms with Gasteiger partial charge in [0.25, 0.3) is 0 Å². The van der Waals surface area contributed by atoms with Crippen molar-refractivity contribution in [2.45, 2.75) is 6.54 Å². The average Bonchev–Trinajstić information content (AvgIpc) is 2.10. The van der Waals surface area contributed by atoms with Crippen LogP contribution in [0.15, 0.2) is 16.6 Å². The number of benzene rings is 1. The molecule has 1 rings (SSSR count). The number of phenols is 2. The zero-order valence-electron chi connectivity index (χ0n) is 7.04. The van der Waals surface area contributed by atoms with Crippen LogP contribution in [0.3, 0.4) is 0 Å². The number of hydroxylamine groups is 1. The van der Waals surface area contributed by atoms with Gasteiger partial charge in [-0.3, -0.25) is 0 Å². The van der Waals surface area contributed by atoms with Crippen LogP contribution >= 0.6 is 15.9 Å². The molecule has 13 heavy (non-hydrogen) atoms. The summed E-state index contributed by atoms with van der Waals surface area (Å²) in [6.45, 7) is 0.461. The van der Waals surface area contributed by atoms with Crippen LogP contribution in [-0.2, 0) is 11.4 Å². The third-order valence-electron chi connectivity index (χ3n) is 1.52. The lowest BCUT2D eigenvalue weighted by Crippen LogP contribution is -2.10. The van der Waals surface area contributed by atoms with Gasteiger partial charge in [-0.1, -0.05) is 0 Å². The van der Waals surface area contributed by atoms with Crippen molar-refractivity contribution in [3.05, 3.63) is 22.2 Å². The third-order valence-corrected chi connectivity index (χ3v) is 2.13. The van der Waals surface area contributed by atoms with Crippen LogP contribution in [0.25, 0.3) is 0 Å². The number of rotatable bonds is 3. The van der Waals surface area contributed by atoms with Crippen molar-refractivity contribution in [1.82, 2.24) is 5.48 Å². The highest BCUT2D eigenvalue weighted by molar-refractivity contribution is 9.10. The van der Waals surface area contributed by atoms with Gasteiger partial charge in [0.05, 0.1) is 11.6 Å². The van der Waals surface area contributed by atoms with Crippen molar-refractivity contribution in [2.75, 3.05) is 7.11 Å². The highest BCUT2D eigenvalue weighted by atomic mass is 79.9. The predicted molar refractivity (Wildman–Crippen MR) is 51.3 cm³/mol. The fourth-order valence-electron chi connectivity index (χ4n) is 0.897. The molecular weight excluding hydrogens is 238 g/mol. The number of phenolic OH excluding ortho intramolecular Hbond substituents is 2. The van der Waals surface area contributed by atoms with Gasteiger partial charge < -0.3 is 15.1 Å². The molecule has 1 aromatic carbocycles. The summed E-state index contributed by atoms with van der Waals surface area (Å²) in [5.41, 5.74) is 3.43. The fourth-order valence-corrected chi connectivity index (χ4v) is 1.39. The summed E-state index contributed by atoms with van der Waals surface area (Å²) < 4.78 is 0.459. The Morgan fingerprint density at radius 1 is 1.46 bits per heavy atom. The van der Waals surface area contributed by atoms with Crippen molar-refractivity contribution in [3.8, 4) is 11.5 Å². The van der Waals surface area contributed by atoms with E-state index in [4.69, 9.17) is 0 Å². The summed E-state index contributed by atoms with van der Waals surface area (Å²) in [6.07, 6.45) is 0. The molecule has 4 nitrogen and oxygen atoms in total. The molecule has 0 fully saturated rings. The molecule has 0 spiro atoms. The molecule has 5 heteroatoms. The SMILES string of the molecule is CONCc1cc(O)c(O)c(Br)c1. The summed E-state index contributed by atoms with van der Waals surface area (Å²) in [5, 5.41) is 18.4. The normalized spacial score (nSPS) is 10.3. The first-order valence-corrected chi connectivity index (χ1v) is 4.40. The van der Waals surface area contributed by atoms with Crippen LogP contribution in [-0.4, -0.2) is 17.3 Å². The van der Waals surface area contributed by atoms with Gasteiger partial charge >= 0.3 is 0 Å². The van der Waals surface area contributed by atoms with Crippen LogP contribution in [0.4, 0.5) is 0 Å². The number of hydrogen-bond donors (Lipinski definition) is 3. The summed E-state index contributed by atoms with van der Waals surface area (Å²) in [5.74, 6) is -0.302. The predicted octanol–water partition coefficient (Wildman–Crippen LogP) is 1.51. The Labute approximate surface area is 84.2 Å². The van der Waals surface area contributed by atoms with E-state index in [0.717, 1.165) is 5.56 Å². The van der Waals surface area contributed by atoms with Crippen LogP contribution in [0, 0.1) is 0 Å². The topological polar surface area (TPSA) is 61.7 Å². The van der Waals surface area contributed by atoms with E-state index in [1.807, 2.05) is 0 Å². The Hall–Kier alpha value is -0.780. The van der Waals surface area contributed by atoms with Gasteiger partial charge in [-0.25, -0.2) is 0 Å². The van der Waals surface area contributed by atoms with Gasteiger partial charge in [-0.15, -0.1) is 0 Å². The molecule has 72 valence electrons. The number of hydrogen-bond acceptors (Lipinski definition) is 4. The van der Waals surface area contributed by atoms with Crippen molar-refractivity contribution in [3.63, 3.8) is 0 Å². The van der Waals surface area contributed by atoms with E-state index >= 15 is 0 Å². The maximum Gasteiger partial charge on any atom is 0.171 e. The van der Waals surface area contributed by atoms with Gasteiger partial charge in [-0.05, 0) is 33.6 Å². The molecule has 0 unspecified atom stereocenters. The molecule has 3 N–H and O–H groups in total. The summed E-state index contributed by atoms with van der Waals surface area (Å²) >= 11 is 3.11. The zero-order valence-corrected chi connectivity index (χ0v) is 8.63. The Balaban J connectivity index is 2.86. The Kier molecular flexibility index (Phi) is 3.53. The second-order valence-electron chi connectivity index (χ2n) is 2.47. The first kappa shape index (κ1) is 10.3. The maximum atomic E-state index is 9.23. The lowest BCUT2D eigenvalue weighted by atomic mass is 10.2. The summed E-state index contributed by atoms with van der Waals surface area (Å²) in [4.78, 5) is 4.65. The van der Waals surface area contributed by atoms with Crippen molar-refractivity contribution in [2.24, 2.45) is 0 Å². The molecule has 0 aliphatic rings. The average molecular weight is 248 g/mol. The van der Waals surface area contributed by atoms with E-state index in [9.17, 15) is 10.2 Å². The van der Waals surface area contributed by atoms with E-state index < -0.39 is 0 Å². The quantitative estimate of drug-likeness (QED) is 0.560. The first-order chi connectivity index (χ1) is 6.15. The smallest absolute Gasteiger partial charge is 0.171 e. The molecule has 0 aliphatic heterocycles. The molecule has 1 aromatic rings. The largest absolute Gasteiger partial charge is 0.504 e. The molecule has 0 amide bonds. The lowest BCUT2D eigenvalue weighted by molar-refractivity contribution is 0.0866. The Morgan fingerprint density at radius 3 is 2.69 bits per heavy atom. The minimum absolute atomic E-state index is 0.151. The monoisotopic (exact) mass is 247 g/mol. The fraction of sp³-hybridized carbons (Fsp3) is 0.250. The second-order valence-corrected chi connectivity index (χ2v) is 3.32. The molecule has 0 saturated carbocycles. The van der Waals surface area contributed by atoms with E-state index in [2.05, 4.69) is 26.2 Å². The molecule has 0 radical (unpaired) electrons. The molecule has 0 aromatic heterocycles. The van der Waals surface area contributed by atoms with Gasteiger partial charge in [0.2, 0.25) is 0 Å². The highest BCUT2D eigenvalue weighted by Crippen LogP contribution is 2.34. The van der Waals surface area contributed by atoms with Crippen molar-refractivity contribution >= 4 is 15.9 Å². The first-order valence-electron chi connectivity index (χ1n) is 3.61. The van der Waals surface area contributed by atoms with Gasteiger partial charge in [-0.2, -0.15) is 5.48 Å². The zero-order chi connectivity index (χ0) is 9.84. The minimum Gasteiger partial charge on any atom is -0.504 e. The Morgan fingerprint density at radius 2 is 2.15 bits per heavy atom. The van der Waals surface area contributed by atoms with Crippen LogP contribution in [0.1, 0.15) is 5.56 Å². The van der Waals surface area contributed by atoms with Gasteiger partial charge in [0.15, 0.2) is 11.5 Å². The third kappa shape index (κ3) is 2.58. The molecular formula is C8H10BrNO3. The number of nitrogens with one attached hydrogen (secondary N) is 1. The molecule has 0 heterocycles. The summed E-state index contributed by atoms with van der Waals surface area (Å²) in [6, 6.07) is 3.16. The summed E-state index contributed by atoms with van der Waals surface area (Å²) in [7, 11) is 1.51. The lowest BCUT2D eigenvalue weighted by Gasteiger charge is -2.05. The second kappa shape index (κ2) is 4.45. The standard InChI is InChI=1S/C8H10BrNO3/c1-13-10-4-5-2-6(9)8(12)7(11)3-5/h2-3,10-12H,4H2,1H3. The van der Waals surface area contributed by atoms with E-state index in [1.165, 1.54) is 13.2 Å². The van der Waals surface area contributed by atoms with E-state index in [1.54, 1.807) is 6.07 Å². The van der Waals surface area contributed by atoms with E-state index in [-0.39, 0.29) is 11.5 Å². The van der Waals surface area contributed by atoms with Crippen molar-refractivity contribution < 1.29 is 15.1 Å². The number of aromatic hydroxyl groups is 2. The van der Waals surface area contributed by atoms with Crippen LogP contribution in [0.5, 0.6) is 11.5 Å². The molecule has 0 saturated heterocycles. The van der Waals surface area contributed by atoms with Crippen LogP contribution in [0.2, 0.25) is 0 Å². The maximum absolute atomic E-state index is 9.23. The highest BCUT2D eigenvalue weighted by Gasteiger charge is 2.06. The Bertz CT molecular complexity index is 280. The van der Waals surface area contributed by atoms with E-state index in [0.29, 0.717) is 11.0 Å². The molecule has 0 aliphatic carbocycles. The van der Waals surface area contributed by atoms with Crippen LogP contribution < -0.4 is 5.48 Å². The van der Waals surface area contributed by atoms with Gasteiger partial charge in [0, 0.05) is 6.54 Å². The molecule has 0 atom stereocenters. The minimum atomic E-state index is -0.152. The number of halogens is 1. The van der Waals surface area contributed by atoms with Crippen molar-refractivity contribution in [1.29, 1.82) is 0 Å². The van der Waals surface area contributed by atoms with Gasteiger partial charge in [0.1, 0.15) is 0 Å².